The highest BCUT2D eigenvalue weighted by molar-refractivity contribution is 5.53. The van der Waals surface area contributed by atoms with E-state index in [-0.39, 0.29) is 0 Å². The molecular weight excluding hydrogens is 254 g/mol. The first-order valence-corrected chi connectivity index (χ1v) is 6.16. The smallest absolute Gasteiger partial charge is 0.270 e. The minimum absolute atomic E-state index is 0.384. The standard InChI is InChI=1S/C13H13N7/c1-9-11(7-14)8-15-13(16-9)20-18-12(17-19-20)10-5-3-2-4-6-10/h2-6,8H,7,14H2,1H3. The maximum Gasteiger partial charge on any atom is 0.270 e. The van der Waals surface area contributed by atoms with E-state index in [1.807, 2.05) is 37.3 Å². The van der Waals surface area contributed by atoms with Crippen molar-refractivity contribution in [3.05, 3.63) is 47.8 Å². The van der Waals surface area contributed by atoms with Crippen LogP contribution in [-0.2, 0) is 6.54 Å². The van der Waals surface area contributed by atoms with Crippen molar-refractivity contribution < 1.29 is 0 Å². The molecular formula is C13H13N7. The van der Waals surface area contributed by atoms with Crippen molar-refractivity contribution in [1.82, 2.24) is 30.2 Å². The molecule has 0 saturated carbocycles. The second-order valence-corrected chi connectivity index (χ2v) is 4.25. The molecule has 2 heterocycles. The van der Waals surface area contributed by atoms with Gasteiger partial charge in [-0.15, -0.1) is 10.2 Å². The Bertz CT molecular complexity index is 721. The number of hydrogen-bond acceptors (Lipinski definition) is 6. The highest BCUT2D eigenvalue weighted by atomic mass is 15.6. The first-order chi connectivity index (χ1) is 9.78. The SMILES string of the molecule is Cc1nc(-n2nnc(-c3ccccc3)n2)ncc1CN. The van der Waals surface area contributed by atoms with E-state index < -0.39 is 0 Å². The van der Waals surface area contributed by atoms with E-state index in [0.29, 0.717) is 18.3 Å². The van der Waals surface area contributed by atoms with E-state index in [9.17, 15) is 0 Å². The van der Waals surface area contributed by atoms with E-state index in [1.54, 1.807) is 6.20 Å². The Morgan fingerprint density at radius 1 is 1.20 bits per heavy atom. The quantitative estimate of drug-likeness (QED) is 0.757. The number of nitrogens with two attached hydrogens (primary N) is 1. The molecule has 0 fully saturated rings. The Balaban J connectivity index is 1.96. The molecule has 7 heteroatoms. The zero-order valence-corrected chi connectivity index (χ0v) is 10.9. The third-order valence-corrected chi connectivity index (χ3v) is 2.91. The van der Waals surface area contributed by atoms with Crippen molar-refractivity contribution in [3.63, 3.8) is 0 Å². The Morgan fingerprint density at radius 3 is 2.70 bits per heavy atom. The molecule has 0 radical (unpaired) electrons. The topological polar surface area (TPSA) is 95.4 Å². The summed E-state index contributed by atoms with van der Waals surface area (Å²) in [4.78, 5) is 9.84. The fourth-order valence-electron chi connectivity index (χ4n) is 1.78. The van der Waals surface area contributed by atoms with Crippen LogP contribution in [-0.4, -0.2) is 30.2 Å². The van der Waals surface area contributed by atoms with Crippen LogP contribution in [0.3, 0.4) is 0 Å². The number of aryl methyl sites for hydroxylation is 1. The monoisotopic (exact) mass is 267 g/mol. The molecule has 2 N–H and O–H groups in total. The van der Waals surface area contributed by atoms with Crippen molar-refractivity contribution in [2.24, 2.45) is 5.73 Å². The molecule has 7 nitrogen and oxygen atoms in total. The molecule has 0 aliphatic rings. The molecule has 1 aromatic carbocycles. The third-order valence-electron chi connectivity index (χ3n) is 2.91. The van der Waals surface area contributed by atoms with Gasteiger partial charge in [0.1, 0.15) is 0 Å². The summed E-state index contributed by atoms with van der Waals surface area (Å²) in [5, 5.41) is 12.3. The van der Waals surface area contributed by atoms with Crippen LogP contribution >= 0.6 is 0 Å². The van der Waals surface area contributed by atoms with Gasteiger partial charge in [-0.05, 0) is 12.1 Å². The molecule has 0 spiro atoms. The van der Waals surface area contributed by atoms with Crippen LogP contribution in [0, 0.1) is 6.92 Å². The molecule has 3 aromatic rings. The van der Waals surface area contributed by atoms with Gasteiger partial charge in [0.2, 0.25) is 5.82 Å². The Morgan fingerprint density at radius 2 is 2.00 bits per heavy atom. The molecule has 0 unspecified atom stereocenters. The zero-order valence-electron chi connectivity index (χ0n) is 10.9. The summed E-state index contributed by atoms with van der Waals surface area (Å²) in [5.41, 5.74) is 8.20. The van der Waals surface area contributed by atoms with Crippen LogP contribution in [0.2, 0.25) is 0 Å². The third kappa shape index (κ3) is 2.26. The summed E-state index contributed by atoms with van der Waals surface area (Å²) in [6.07, 6.45) is 1.68. The normalized spacial score (nSPS) is 10.7. The molecule has 3 rings (SSSR count). The molecule has 20 heavy (non-hydrogen) atoms. The molecule has 0 aliphatic heterocycles. The summed E-state index contributed by atoms with van der Waals surface area (Å²) in [5.74, 6) is 0.920. The van der Waals surface area contributed by atoms with Gasteiger partial charge in [-0.2, -0.15) is 0 Å². The maximum atomic E-state index is 5.59. The number of aromatic nitrogens is 6. The summed E-state index contributed by atoms with van der Waals surface area (Å²) in [7, 11) is 0. The van der Waals surface area contributed by atoms with Gasteiger partial charge < -0.3 is 5.73 Å². The fourth-order valence-corrected chi connectivity index (χ4v) is 1.78. The van der Waals surface area contributed by atoms with E-state index in [1.165, 1.54) is 4.80 Å². The molecule has 0 bridgehead atoms. The van der Waals surface area contributed by atoms with Gasteiger partial charge in [0.25, 0.3) is 5.95 Å². The molecule has 0 atom stereocenters. The first kappa shape index (κ1) is 12.4. The lowest BCUT2D eigenvalue weighted by atomic mass is 10.2. The Kier molecular flexibility index (Phi) is 3.18. The van der Waals surface area contributed by atoms with E-state index in [4.69, 9.17) is 5.73 Å². The number of nitrogens with zero attached hydrogens (tertiary/aromatic N) is 6. The highest BCUT2D eigenvalue weighted by Crippen LogP contribution is 2.13. The Labute approximate surface area is 115 Å². The molecule has 0 amide bonds. The second kappa shape index (κ2) is 5.14. The van der Waals surface area contributed by atoms with Gasteiger partial charge in [-0.1, -0.05) is 35.1 Å². The molecule has 100 valence electrons. The minimum atomic E-state index is 0.384. The van der Waals surface area contributed by atoms with Crippen molar-refractivity contribution in [3.8, 4) is 17.3 Å². The number of hydrogen-bond donors (Lipinski definition) is 1. The minimum Gasteiger partial charge on any atom is -0.326 e. The average Bonchev–Trinajstić information content (AvgIpc) is 2.98. The van der Waals surface area contributed by atoms with Crippen molar-refractivity contribution in [2.45, 2.75) is 13.5 Å². The largest absolute Gasteiger partial charge is 0.326 e. The predicted octanol–water partition coefficient (Wildman–Crippen LogP) is 0.886. The lowest BCUT2D eigenvalue weighted by molar-refractivity contribution is 0.672. The predicted molar refractivity (Wildman–Crippen MR) is 72.8 cm³/mol. The van der Waals surface area contributed by atoms with Gasteiger partial charge in [-0.25, -0.2) is 9.97 Å². The molecule has 0 aliphatic carbocycles. The van der Waals surface area contributed by atoms with E-state index in [0.717, 1.165) is 16.8 Å². The highest BCUT2D eigenvalue weighted by Gasteiger charge is 2.10. The summed E-state index contributed by atoms with van der Waals surface area (Å²) in [6, 6.07) is 9.63. The van der Waals surface area contributed by atoms with Crippen molar-refractivity contribution >= 4 is 0 Å². The van der Waals surface area contributed by atoms with Crippen LogP contribution in [0.15, 0.2) is 36.5 Å². The lowest BCUT2D eigenvalue weighted by Gasteiger charge is -2.02. The van der Waals surface area contributed by atoms with E-state index >= 15 is 0 Å². The van der Waals surface area contributed by atoms with E-state index in [2.05, 4.69) is 25.4 Å². The summed E-state index contributed by atoms with van der Waals surface area (Å²) >= 11 is 0. The number of benzene rings is 1. The van der Waals surface area contributed by atoms with Gasteiger partial charge in [-0.3, -0.25) is 0 Å². The molecule has 2 aromatic heterocycles. The average molecular weight is 267 g/mol. The molecule has 0 saturated heterocycles. The van der Waals surface area contributed by atoms with Crippen LogP contribution < -0.4 is 5.73 Å². The first-order valence-electron chi connectivity index (χ1n) is 6.16. The summed E-state index contributed by atoms with van der Waals surface area (Å²) < 4.78 is 0. The lowest BCUT2D eigenvalue weighted by Crippen LogP contribution is -2.09. The van der Waals surface area contributed by atoms with Crippen LogP contribution in [0.25, 0.3) is 17.3 Å². The Hall–Kier alpha value is -2.67. The van der Waals surface area contributed by atoms with Crippen LogP contribution in [0.5, 0.6) is 0 Å². The zero-order chi connectivity index (χ0) is 13.9. The number of tetrazole rings is 1. The number of rotatable bonds is 3. The van der Waals surface area contributed by atoms with Gasteiger partial charge in [0.05, 0.1) is 0 Å². The van der Waals surface area contributed by atoms with Gasteiger partial charge in [0.15, 0.2) is 0 Å². The second-order valence-electron chi connectivity index (χ2n) is 4.25. The van der Waals surface area contributed by atoms with Gasteiger partial charge >= 0.3 is 0 Å². The van der Waals surface area contributed by atoms with Gasteiger partial charge in [0, 0.05) is 29.6 Å². The van der Waals surface area contributed by atoms with Crippen LogP contribution in [0.4, 0.5) is 0 Å². The van der Waals surface area contributed by atoms with Crippen molar-refractivity contribution in [2.75, 3.05) is 0 Å². The van der Waals surface area contributed by atoms with Crippen LogP contribution in [0.1, 0.15) is 11.3 Å². The summed E-state index contributed by atoms with van der Waals surface area (Å²) in [6.45, 7) is 2.29. The van der Waals surface area contributed by atoms with Crippen molar-refractivity contribution in [1.29, 1.82) is 0 Å². The fraction of sp³-hybridized carbons (Fsp3) is 0.154. The maximum absolute atomic E-state index is 5.59.